The molecule has 2 N–H and O–H groups in total. The second-order valence-corrected chi connectivity index (χ2v) is 5.39. The summed E-state index contributed by atoms with van der Waals surface area (Å²) in [6.45, 7) is 6.13. The van der Waals surface area contributed by atoms with Crippen molar-refractivity contribution in [3.63, 3.8) is 0 Å². The lowest BCUT2D eigenvalue weighted by Crippen LogP contribution is -2.41. The summed E-state index contributed by atoms with van der Waals surface area (Å²) in [7, 11) is 0. The van der Waals surface area contributed by atoms with E-state index >= 15 is 0 Å². The third kappa shape index (κ3) is 3.82. The lowest BCUT2D eigenvalue weighted by atomic mass is 9.87. The average molecular weight is 213 g/mol. The molecule has 0 aromatic rings. The van der Waals surface area contributed by atoms with Gasteiger partial charge in [0.2, 0.25) is 5.91 Å². The van der Waals surface area contributed by atoms with Gasteiger partial charge in [0.25, 0.3) is 0 Å². The van der Waals surface area contributed by atoms with Gasteiger partial charge in [0, 0.05) is 12.5 Å². The first-order valence-corrected chi connectivity index (χ1v) is 5.89. The summed E-state index contributed by atoms with van der Waals surface area (Å²) in [6.07, 6.45) is 4.09. The van der Waals surface area contributed by atoms with Crippen molar-refractivity contribution in [2.75, 3.05) is 0 Å². The van der Waals surface area contributed by atoms with Crippen LogP contribution in [-0.4, -0.2) is 23.2 Å². The van der Waals surface area contributed by atoms with Crippen molar-refractivity contribution in [3.8, 4) is 0 Å². The predicted octanol–water partition coefficient (Wildman–Crippen LogP) is 1.84. The van der Waals surface area contributed by atoms with Gasteiger partial charge in [-0.3, -0.25) is 4.79 Å². The van der Waals surface area contributed by atoms with Gasteiger partial charge < -0.3 is 10.4 Å². The fourth-order valence-corrected chi connectivity index (χ4v) is 2.20. The van der Waals surface area contributed by atoms with Crippen LogP contribution in [0.25, 0.3) is 0 Å². The van der Waals surface area contributed by atoms with Crippen molar-refractivity contribution in [2.45, 2.75) is 65.0 Å². The molecule has 2 atom stereocenters. The molecule has 0 spiro atoms. The zero-order valence-corrected chi connectivity index (χ0v) is 10.0. The van der Waals surface area contributed by atoms with Crippen LogP contribution in [0.4, 0.5) is 0 Å². The molecule has 1 aliphatic rings. The number of hydrogen-bond acceptors (Lipinski definition) is 2. The Morgan fingerprint density at radius 3 is 2.73 bits per heavy atom. The van der Waals surface area contributed by atoms with Gasteiger partial charge in [0.15, 0.2) is 0 Å². The van der Waals surface area contributed by atoms with Crippen LogP contribution in [0, 0.1) is 5.41 Å². The zero-order chi connectivity index (χ0) is 11.5. The van der Waals surface area contributed by atoms with E-state index in [1.54, 1.807) is 6.92 Å². The molecule has 3 nitrogen and oxygen atoms in total. The SMILES string of the molecule is CC(O)CCC(=O)NC1CCCC1(C)C. The summed E-state index contributed by atoms with van der Waals surface area (Å²) < 4.78 is 0. The first kappa shape index (κ1) is 12.5. The maximum atomic E-state index is 11.6. The van der Waals surface area contributed by atoms with E-state index in [-0.39, 0.29) is 17.4 Å². The van der Waals surface area contributed by atoms with Crippen LogP contribution in [0.1, 0.15) is 52.9 Å². The van der Waals surface area contributed by atoms with Gasteiger partial charge in [-0.05, 0) is 31.6 Å². The van der Waals surface area contributed by atoms with E-state index in [9.17, 15) is 4.79 Å². The van der Waals surface area contributed by atoms with E-state index in [0.717, 1.165) is 6.42 Å². The summed E-state index contributed by atoms with van der Waals surface area (Å²) >= 11 is 0. The van der Waals surface area contributed by atoms with E-state index in [1.807, 2.05) is 0 Å². The van der Waals surface area contributed by atoms with Crippen LogP contribution in [-0.2, 0) is 4.79 Å². The van der Waals surface area contributed by atoms with Crippen LogP contribution in [0.3, 0.4) is 0 Å². The lowest BCUT2D eigenvalue weighted by Gasteiger charge is -2.27. The maximum absolute atomic E-state index is 11.6. The van der Waals surface area contributed by atoms with Crippen LogP contribution in [0.2, 0.25) is 0 Å². The quantitative estimate of drug-likeness (QED) is 0.748. The van der Waals surface area contributed by atoms with Gasteiger partial charge in [-0.25, -0.2) is 0 Å². The van der Waals surface area contributed by atoms with Gasteiger partial charge in [-0.15, -0.1) is 0 Å². The summed E-state index contributed by atoms with van der Waals surface area (Å²) in [5.74, 6) is 0.0795. The number of aliphatic hydroxyl groups is 1. The predicted molar refractivity (Wildman–Crippen MR) is 60.5 cm³/mol. The van der Waals surface area contributed by atoms with Gasteiger partial charge in [-0.1, -0.05) is 20.3 Å². The molecule has 1 amide bonds. The third-order valence-electron chi connectivity index (χ3n) is 3.38. The van der Waals surface area contributed by atoms with Crippen LogP contribution >= 0.6 is 0 Å². The molecule has 2 unspecified atom stereocenters. The maximum Gasteiger partial charge on any atom is 0.220 e. The summed E-state index contributed by atoms with van der Waals surface area (Å²) in [6, 6.07) is 0.319. The number of hydrogen-bond donors (Lipinski definition) is 2. The van der Waals surface area contributed by atoms with Crippen molar-refractivity contribution in [1.29, 1.82) is 0 Å². The molecule has 3 heteroatoms. The molecule has 15 heavy (non-hydrogen) atoms. The molecule has 1 rings (SSSR count). The lowest BCUT2D eigenvalue weighted by molar-refractivity contribution is -0.122. The fourth-order valence-electron chi connectivity index (χ4n) is 2.20. The molecule has 88 valence electrons. The number of amides is 1. The standard InChI is InChI=1S/C12H23NO2/c1-9(14)6-7-11(15)13-10-5-4-8-12(10,2)3/h9-10,14H,4-8H2,1-3H3,(H,13,15). The Balaban J connectivity index is 2.32. The van der Waals surface area contributed by atoms with E-state index in [2.05, 4.69) is 19.2 Å². The molecule has 0 saturated heterocycles. The minimum absolute atomic E-state index is 0.0795. The molecule has 0 bridgehead atoms. The van der Waals surface area contributed by atoms with Crippen molar-refractivity contribution < 1.29 is 9.90 Å². The Morgan fingerprint density at radius 1 is 1.60 bits per heavy atom. The summed E-state index contributed by atoms with van der Waals surface area (Å²) in [5, 5.41) is 12.2. The smallest absolute Gasteiger partial charge is 0.220 e. The molecule has 0 aromatic heterocycles. The van der Waals surface area contributed by atoms with Crippen molar-refractivity contribution in [2.24, 2.45) is 5.41 Å². The summed E-state index contributed by atoms with van der Waals surface area (Å²) in [4.78, 5) is 11.6. The third-order valence-corrected chi connectivity index (χ3v) is 3.38. The second-order valence-electron chi connectivity index (χ2n) is 5.39. The van der Waals surface area contributed by atoms with Crippen molar-refractivity contribution >= 4 is 5.91 Å². The number of carbonyl (C=O) groups excluding carboxylic acids is 1. The molecule has 0 radical (unpaired) electrons. The minimum Gasteiger partial charge on any atom is -0.393 e. The Kier molecular flexibility index (Phi) is 4.14. The number of nitrogens with one attached hydrogen (secondary N) is 1. The second kappa shape index (κ2) is 4.97. The highest BCUT2D eigenvalue weighted by Gasteiger charge is 2.35. The van der Waals surface area contributed by atoms with Crippen molar-refractivity contribution in [1.82, 2.24) is 5.32 Å². The molecular weight excluding hydrogens is 190 g/mol. The summed E-state index contributed by atoms with van der Waals surface area (Å²) in [5.41, 5.74) is 0.237. The largest absolute Gasteiger partial charge is 0.393 e. The molecule has 0 aliphatic heterocycles. The van der Waals surface area contributed by atoms with Gasteiger partial charge >= 0.3 is 0 Å². The zero-order valence-electron chi connectivity index (χ0n) is 10.0. The topological polar surface area (TPSA) is 49.3 Å². The van der Waals surface area contributed by atoms with Crippen LogP contribution in [0.5, 0.6) is 0 Å². The Hall–Kier alpha value is -0.570. The molecule has 0 heterocycles. The Labute approximate surface area is 92.3 Å². The first-order chi connectivity index (χ1) is 6.92. The highest BCUT2D eigenvalue weighted by molar-refractivity contribution is 5.76. The van der Waals surface area contributed by atoms with E-state index in [4.69, 9.17) is 5.11 Å². The normalized spacial score (nSPS) is 26.3. The number of rotatable bonds is 4. The average Bonchev–Trinajstić information content (AvgIpc) is 2.43. The van der Waals surface area contributed by atoms with Gasteiger partial charge in [0.05, 0.1) is 6.10 Å². The highest BCUT2D eigenvalue weighted by atomic mass is 16.3. The molecule has 1 saturated carbocycles. The molecule has 1 fully saturated rings. The van der Waals surface area contributed by atoms with Gasteiger partial charge in [0.1, 0.15) is 0 Å². The highest BCUT2D eigenvalue weighted by Crippen LogP contribution is 2.37. The Morgan fingerprint density at radius 2 is 2.27 bits per heavy atom. The van der Waals surface area contributed by atoms with E-state index in [1.165, 1.54) is 12.8 Å². The monoisotopic (exact) mass is 213 g/mol. The first-order valence-electron chi connectivity index (χ1n) is 5.89. The van der Waals surface area contributed by atoms with Crippen molar-refractivity contribution in [3.05, 3.63) is 0 Å². The van der Waals surface area contributed by atoms with Gasteiger partial charge in [-0.2, -0.15) is 0 Å². The van der Waals surface area contributed by atoms with E-state index < -0.39 is 0 Å². The molecule has 1 aliphatic carbocycles. The molecular formula is C12H23NO2. The van der Waals surface area contributed by atoms with Crippen LogP contribution in [0.15, 0.2) is 0 Å². The molecule has 0 aromatic carbocycles. The van der Waals surface area contributed by atoms with Crippen LogP contribution < -0.4 is 5.32 Å². The number of carbonyl (C=O) groups is 1. The number of aliphatic hydroxyl groups excluding tert-OH is 1. The Bertz CT molecular complexity index is 224. The van der Waals surface area contributed by atoms with E-state index in [0.29, 0.717) is 18.9 Å². The minimum atomic E-state index is -0.382. The fraction of sp³-hybridized carbons (Fsp3) is 0.917.